The number of sulfonamides is 1. The Morgan fingerprint density at radius 1 is 1.16 bits per heavy atom. The van der Waals surface area contributed by atoms with Crippen LogP contribution >= 0.6 is 11.3 Å². The van der Waals surface area contributed by atoms with Crippen molar-refractivity contribution in [2.75, 3.05) is 32.1 Å². The molecule has 2 N–H and O–H groups in total. The third-order valence-electron chi connectivity index (χ3n) is 7.93. The molecule has 0 radical (unpaired) electrons. The van der Waals surface area contributed by atoms with Crippen LogP contribution in [0.15, 0.2) is 83.2 Å². The Bertz CT molecular complexity index is 1760. The molecule has 0 saturated heterocycles. The number of aryl methyl sites for hydroxylation is 1. The minimum atomic E-state index is -3.85. The van der Waals surface area contributed by atoms with Gasteiger partial charge in [0.2, 0.25) is 10.0 Å². The van der Waals surface area contributed by atoms with Gasteiger partial charge in [0.15, 0.2) is 5.75 Å². The second kappa shape index (κ2) is 13.5. The number of likely N-dealkylation sites (N-methyl/N-ethyl adjacent to an activating group) is 1. The number of carbonyl (C=O) groups is 2. The standard InChI is InChI=1S/C33H36N4O6S2/c1-21-8-14-26(15-9-21)45(41,42)36(4)19-29-22(2)18-37(23(3)20-38)33(40)27-6-5-7-28(30(27)43-29)35-31(39)24-10-12-25(13-11-24)32-34-16-17-44-32/h5-17,22-23,29,38H,18-20H2,1-4H3,(H,35,39)/t22-,23-,29+/m0/s1. The monoisotopic (exact) mass is 648 g/mol. The molecule has 1 aliphatic heterocycles. The third kappa shape index (κ3) is 6.94. The molecule has 0 spiro atoms. The number of ether oxygens (including phenoxy) is 1. The molecule has 0 aliphatic carbocycles. The highest BCUT2D eigenvalue weighted by Gasteiger charge is 2.36. The lowest BCUT2D eigenvalue weighted by Crippen LogP contribution is -2.50. The van der Waals surface area contributed by atoms with Crippen molar-refractivity contribution in [3.05, 3.63) is 95.0 Å². The number of nitrogens with one attached hydrogen (secondary N) is 1. The predicted octanol–water partition coefficient (Wildman–Crippen LogP) is 4.91. The number of benzene rings is 3. The van der Waals surface area contributed by atoms with Gasteiger partial charge in [-0.25, -0.2) is 13.4 Å². The number of rotatable bonds is 9. The van der Waals surface area contributed by atoms with E-state index in [-0.39, 0.29) is 53.4 Å². The maximum Gasteiger partial charge on any atom is 0.258 e. The average Bonchev–Trinajstić information content (AvgIpc) is 3.58. The number of anilines is 1. The molecule has 0 bridgehead atoms. The van der Waals surface area contributed by atoms with E-state index >= 15 is 0 Å². The quantitative estimate of drug-likeness (QED) is 0.264. The van der Waals surface area contributed by atoms with Crippen LogP contribution in [0.3, 0.4) is 0 Å². The second-order valence-electron chi connectivity index (χ2n) is 11.3. The Hall–Kier alpha value is -4.10. The second-order valence-corrected chi connectivity index (χ2v) is 14.2. The summed E-state index contributed by atoms with van der Waals surface area (Å²) in [6.07, 6.45) is 1.02. The van der Waals surface area contributed by atoms with Crippen molar-refractivity contribution < 1.29 is 27.9 Å². The number of aliphatic hydroxyl groups excluding tert-OH is 1. The fraction of sp³-hybridized carbons (Fsp3) is 0.303. The van der Waals surface area contributed by atoms with Gasteiger partial charge in [-0.2, -0.15) is 4.31 Å². The van der Waals surface area contributed by atoms with Gasteiger partial charge in [0.1, 0.15) is 11.1 Å². The summed E-state index contributed by atoms with van der Waals surface area (Å²) in [7, 11) is -2.35. The van der Waals surface area contributed by atoms with E-state index in [1.807, 2.05) is 31.4 Å². The molecule has 1 aromatic heterocycles. The van der Waals surface area contributed by atoms with Crippen LogP contribution in [0.4, 0.5) is 5.69 Å². The third-order valence-corrected chi connectivity index (χ3v) is 10.6. The van der Waals surface area contributed by atoms with Crippen LogP contribution in [0.2, 0.25) is 0 Å². The number of hydrogen-bond acceptors (Lipinski definition) is 8. The highest BCUT2D eigenvalue weighted by Crippen LogP contribution is 2.35. The highest BCUT2D eigenvalue weighted by molar-refractivity contribution is 7.89. The van der Waals surface area contributed by atoms with Gasteiger partial charge in [-0.15, -0.1) is 11.3 Å². The number of carbonyl (C=O) groups excluding carboxylic acids is 2. The average molecular weight is 649 g/mol. The number of para-hydroxylation sites is 1. The van der Waals surface area contributed by atoms with E-state index in [1.165, 1.54) is 22.7 Å². The first-order valence-electron chi connectivity index (χ1n) is 14.6. The van der Waals surface area contributed by atoms with Gasteiger partial charge >= 0.3 is 0 Å². The predicted molar refractivity (Wildman–Crippen MR) is 174 cm³/mol. The summed E-state index contributed by atoms with van der Waals surface area (Å²) < 4.78 is 34.7. The Morgan fingerprint density at radius 3 is 2.51 bits per heavy atom. The van der Waals surface area contributed by atoms with E-state index < -0.39 is 28.1 Å². The van der Waals surface area contributed by atoms with Crippen LogP contribution in [0.1, 0.15) is 40.1 Å². The van der Waals surface area contributed by atoms with Crippen molar-refractivity contribution in [1.29, 1.82) is 0 Å². The van der Waals surface area contributed by atoms with Crippen molar-refractivity contribution in [3.63, 3.8) is 0 Å². The van der Waals surface area contributed by atoms with Gasteiger partial charge in [-0.3, -0.25) is 9.59 Å². The lowest BCUT2D eigenvalue weighted by Gasteiger charge is -2.38. The molecule has 4 aromatic rings. The molecule has 12 heteroatoms. The molecule has 2 amide bonds. The van der Waals surface area contributed by atoms with Gasteiger partial charge in [0.05, 0.1) is 35.3 Å². The van der Waals surface area contributed by atoms with Gasteiger partial charge in [0, 0.05) is 42.2 Å². The molecule has 3 atom stereocenters. The number of hydrogen-bond donors (Lipinski definition) is 2. The molecule has 0 fully saturated rings. The maximum atomic E-state index is 13.8. The maximum absolute atomic E-state index is 13.8. The largest absolute Gasteiger partial charge is 0.486 e. The lowest BCUT2D eigenvalue weighted by molar-refractivity contribution is 0.0388. The van der Waals surface area contributed by atoms with Crippen molar-refractivity contribution >= 4 is 38.9 Å². The number of amides is 2. The summed E-state index contributed by atoms with van der Waals surface area (Å²) in [5, 5.41) is 15.6. The summed E-state index contributed by atoms with van der Waals surface area (Å²) in [5.41, 5.74) is 2.70. The van der Waals surface area contributed by atoms with Gasteiger partial charge in [0.25, 0.3) is 11.8 Å². The molecule has 5 rings (SSSR count). The Balaban J connectivity index is 1.47. The van der Waals surface area contributed by atoms with E-state index in [9.17, 15) is 23.1 Å². The number of nitrogens with zero attached hydrogens (tertiary/aromatic N) is 3. The number of thiazole rings is 1. The van der Waals surface area contributed by atoms with E-state index in [4.69, 9.17) is 4.74 Å². The molecule has 0 unspecified atom stereocenters. The molecule has 3 aromatic carbocycles. The number of aliphatic hydroxyl groups is 1. The highest BCUT2D eigenvalue weighted by atomic mass is 32.2. The number of fused-ring (bicyclic) bond motifs is 1. The minimum absolute atomic E-state index is 0.0210. The van der Waals surface area contributed by atoms with Gasteiger partial charge in [-0.1, -0.05) is 42.8 Å². The number of aromatic nitrogens is 1. The van der Waals surface area contributed by atoms with E-state index in [1.54, 1.807) is 72.6 Å². The Labute approximate surface area is 267 Å². The summed E-state index contributed by atoms with van der Waals surface area (Å²) in [5.74, 6) is -0.963. The molecule has 45 heavy (non-hydrogen) atoms. The Kier molecular flexibility index (Phi) is 9.68. The molecular formula is C33H36N4O6S2. The van der Waals surface area contributed by atoms with Crippen LogP contribution in [-0.4, -0.2) is 78.4 Å². The van der Waals surface area contributed by atoms with Crippen molar-refractivity contribution in [1.82, 2.24) is 14.2 Å². The summed E-state index contributed by atoms with van der Waals surface area (Å²) >= 11 is 1.50. The van der Waals surface area contributed by atoms with Crippen molar-refractivity contribution in [2.45, 2.75) is 37.8 Å². The van der Waals surface area contributed by atoms with Crippen LogP contribution in [0.25, 0.3) is 10.6 Å². The summed E-state index contributed by atoms with van der Waals surface area (Å²) in [6.45, 7) is 5.46. The topological polar surface area (TPSA) is 129 Å². The van der Waals surface area contributed by atoms with Crippen LogP contribution in [0.5, 0.6) is 5.75 Å². The van der Waals surface area contributed by atoms with Crippen LogP contribution in [-0.2, 0) is 10.0 Å². The Morgan fingerprint density at radius 2 is 1.87 bits per heavy atom. The minimum Gasteiger partial charge on any atom is -0.486 e. The molecule has 2 heterocycles. The normalized spacial score (nSPS) is 17.6. The summed E-state index contributed by atoms with van der Waals surface area (Å²) in [6, 6.07) is 18.1. The zero-order valence-electron chi connectivity index (χ0n) is 25.5. The van der Waals surface area contributed by atoms with E-state index in [0.29, 0.717) is 5.56 Å². The van der Waals surface area contributed by atoms with Crippen LogP contribution < -0.4 is 10.1 Å². The molecule has 1 aliphatic rings. The zero-order chi connectivity index (χ0) is 32.3. The molecular weight excluding hydrogens is 613 g/mol. The van der Waals surface area contributed by atoms with Crippen LogP contribution in [0, 0.1) is 12.8 Å². The summed E-state index contributed by atoms with van der Waals surface area (Å²) in [4.78, 5) is 33.2. The lowest BCUT2D eigenvalue weighted by atomic mass is 9.99. The van der Waals surface area contributed by atoms with Gasteiger partial charge < -0.3 is 20.1 Å². The molecule has 236 valence electrons. The van der Waals surface area contributed by atoms with Crippen molar-refractivity contribution in [3.8, 4) is 16.3 Å². The SMILES string of the molecule is Cc1ccc(S(=O)(=O)N(C)C[C@H]2Oc3c(NC(=O)c4ccc(-c5nccs5)cc4)cccc3C(=O)N([C@@H](C)CO)C[C@@H]2C)cc1. The van der Waals surface area contributed by atoms with E-state index in [0.717, 1.165) is 16.1 Å². The molecule has 10 nitrogen and oxygen atoms in total. The van der Waals surface area contributed by atoms with Gasteiger partial charge in [-0.05, 0) is 50.2 Å². The first-order chi connectivity index (χ1) is 21.5. The first-order valence-corrected chi connectivity index (χ1v) is 16.9. The molecule has 0 saturated carbocycles. The zero-order valence-corrected chi connectivity index (χ0v) is 27.1. The van der Waals surface area contributed by atoms with Crippen molar-refractivity contribution in [2.24, 2.45) is 5.92 Å². The first kappa shape index (κ1) is 32.3. The fourth-order valence-electron chi connectivity index (χ4n) is 5.13. The smallest absolute Gasteiger partial charge is 0.258 e. The fourth-order valence-corrected chi connectivity index (χ4v) is 6.95. The van der Waals surface area contributed by atoms with E-state index in [2.05, 4.69) is 10.3 Å².